The molecule has 0 bridgehead atoms. The highest BCUT2D eigenvalue weighted by atomic mass is 79.9. The first-order chi connectivity index (χ1) is 9.44. The van der Waals surface area contributed by atoms with Crippen molar-refractivity contribution in [2.24, 2.45) is 5.41 Å². The molecule has 0 aromatic heterocycles. The molecule has 0 heterocycles. The number of hydrogen-bond acceptors (Lipinski definition) is 3. The van der Waals surface area contributed by atoms with Gasteiger partial charge in [0.25, 0.3) is 0 Å². The average molecular weight is 418 g/mol. The zero-order valence-corrected chi connectivity index (χ0v) is 16.3. The van der Waals surface area contributed by atoms with E-state index in [9.17, 15) is 8.42 Å². The third kappa shape index (κ3) is 5.69. The van der Waals surface area contributed by atoms with Gasteiger partial charge in [0, 0.05) is 17.6 Å². The van der Waals surface area contributed by atoms with Crippen molar-refractivity contribution < 1.29 is 8.42 Å². The van der Waals surface area contributed by atoms with Crippen LogP contribution in [0.5, 0.6) is 0 Å². The molecular weight excluding hydrogens is 399 g/mol. The maximum atomic E-state index is 12.4. The fourth-order valence-electron chi connectivity index (χ4n) is 2.06. The second-order valence-corrected chi connectivity index (χ2v) is 9.36. The van der Waals surface area contributed by atoms with Crippen LogP contribution in [0.25, 0.3) is 0 Å². The Hall–Kier alpha value is 0.150. The summed E-state index contributed by atoms with van der Waals surface area (Å²) in [6, 6.07) is 3.01. The number of sulfonamides is 1. The molecule has 21 heavy (non-hydrogen) atoms. The highest BCUT2D eigenvalue weighted by Gasteiger charge is 2.26. The monoisotopic (exact) mass is 416 g/mol. The van der Waals surface area contributed by atoms with Crippen molar-refractivity contribution in [3.8, 4) is 0 Å². The Morgan fingerprint density at radius 2 is 1.71 bits per heavy atom. The summed E-state index contributed by atoms with van der Waals surface area (Å²) in [5.74, 6) is 0. The third-order valence-electron chi connectivity index (χ3n) is 2.72. The molecule has 0 aliphatic carbocycles. The first kappa shape index (κ1) is 19.2. The van der Waals surface area contributed by atoms with Crippen LogP contribution in [-0.4, -0.2) is 40.5 Å². The molecule has 0 saturated carbocycles. The lowest BCUT2D eigenvalue weighted by Crippen LogP contribution is -2.40. The van der Waals surface area contributed by atoms with E-state index in [1.165, 1.54) is 12.1 Å². The minimum absolute atomic E-state index is 0.0883. The van der Waals surface area contributed by atoms with Crippen molar-refractivity contribution >= 4 is 49.2 Å². The zero-order valence-electron chi connectivity index (χ0n) is 12.4. The molecule has 8 heteroatoms. The van der Waals surface area contributed by atoms with Gasteiger partial charge in [0.05, 0.1) is 10.0 Å². The highest BCUT2D eigenvalue weighted by Crippen LogP contribution is 2.33. The Labute approximate surface area is 145 Å². The van der Waals surface area contributed by atoms with Crippen LogP contribution in [0.3, 0.4) is 0 Å². The van der Waals surface area contributed by atoms with Crippen LogP contribution in [0.15, 0.2) is 21.5 Å². The first-order valence-corrected chi connectivity index (χ1v) is 9.27. The van der Waals surface area contributed by atoms with Crippen molar-refractivity contribution in [1.29, 1.82) is 0 Å². The molecule has 0 saturated heterocycles. The summed E-state index contributed by atoms with van der Waals surface area (Å²) in [7, 11) is 0.126. The lowest BCUT2D eigenvalue weighted by molar-refractivity contribution is 0.242. The van der Waals surface area contributed by atoms with E-state index in [-0.39, 0.29) is 26.9 Å². The van der Waals surface area contributed by atoms with Gasteiger partial charge in [0.1, 0.15) is 4.90 Å². The summed E-state index contributed by atoms with van der Waals surface area (Å²) in [4.78, 5) is 1.92. The topological polar surface area (TPSA) is 49.4 Å². The van der Waals surface area contributed by atoms with E-state index in [2.05, 4.69) is 20.7 Å². The van der Waals surface area contributed by atoms with E-state index in [0.29, 0.717) is 4.47 Å². The molecule has 0 aliphatic heterocycles. The maximum absolute atomic E-state index is 12.4. The predicted octanol–water partition coefficient (Wildman–Crippen LogP) is 3.62. The molecule has 0 atom stereocenters. The molecule has 1 N–H and O–H groups in total. The summed E-state index contributed by atoms with van der Waals surface area (Å²) in [6.07, 6.45) is 0. The molecule has 0 spiro atoms. The summed E-state index contributed by atoms with van der Waals surface area (Å²) in [6.45, 7) is 5.01. The second-order valence-electron chi connectivity index (χ2n) is 5.93. The van der Waals surface area contributed by atoms with Crippen LogP contribution in [0.1, 0.15) is 13.8 Å². The quantitative estimate of drug-likeness (QED) is 0.768. The van der Waals surface area contributed by atoms with E-state index in [4.69, 9.17) is 23.2 Å². The van der Waals surface area contributed by atoms with Crippen molar-refractivity contribution in [1.82, 2.24) is 9.62 Å². The maximum Gasteiger partial charge on any atom is 0.243 e. The molecular formula is C13H19BrCl2N2O2S. The van der Waals surface area contributed by atoms with Crippen LogP contribution in [0, 0.1) is 5.41 Å². The third-order valence-corrected chi connectivity index (χ3v) is 5.50. The van der Waals surface area contributed by atoms with Gasteiger partial charge < -0.3 is 4.90 Å². The van der Waals surface area contributed by atoms with Crippen LogP contribution in [0.4, 0.5) is 0 Å². The Bertz CT molecular complexity index is 596. The van der Waals surface area contributed by atoms with Crippen molar-refractivity contribution in [2.75, 3.05) is 27.2 Å². The Kier molecular flexibility index (Phi) is 6.54. The molecule has 1 aromatic rings. The minimum atomic E-state index is -3.76. The van der Waals surface area contributed by atoms with Gasteiger partial charge in [-0.25, -0.2) is 13.1 Å². The van der Waals surface area contributed by atoms with Gasteiger partial charge in [-0.3, -0.25) is 0 Å². The molecule has 0 fully saturated rings. The van der Waals surface area contributed by atoms with E-state index >= 15 is 0 Å². The van der Waals surface area contributed by atoms with Gasteiger partial charge in [0.15, 0.2) is 0 Å². The van der Waals surface area contributed by atoms with E-state index in [0.717, 1.165) is 6.54 Å². The standard InChI is InChI=1S/C13H19BrCl2N2O2S/c1-13(2,8-18(3)4)7-17-21(19,20)12-10(15)5-9(14)6-11(12)16/h5-6,17H,7-8H2,1-4H3. The number of halogens is 3. The Balaban J connectivity index is 2.98. The van der Waals surface area contributed by atoms with Crippen molar-refractivity contribution in [2.45, 2.75) is 18.7 Å². The number of nitrogens with zero attached hydrogens (tertiary/aromatic N) is 1. The fraction of sp³-hybridized carbons (Fsp3) is 0.538. The van der Waals surface area contributed by atoms with Gasteiger partial charge in [-0.1, -0.05) is 53.0 Å². The minimum Gasteiger partial charge on any atom is -0.309 e. The van der Waals surface area contributed by atoms with Gasteiger partial charge in [-0.2, -0.15) is 0 Å². The van der Waals surface area contributed by atoms with Gasteiger partial charge >= 0.3 is 0 Å². The van der Waals surface area contributed by atoms with Crippen LogP contribution < -0.4 is 4.72 Å². The van der Waals surface area contributed by atoms with Gasteiger partial charge in [-0.05, 0) is 31.6 Å². The lowest BCUT2D eigenvalue weighted by Gasteiger charge is -2.28. The second kappa shape index (κ2) is 7.15. The number of nitrogens with one attached hydrogen (secondary N) is 1. The lowest BCUT2D eigenvalue weighted by atomic mass is 9.93. The Morgan fingerprint density at radius 1 is 1.24 bits per heavy atom. The molecule has 1 aromatic carbocycles. The average Bonchev–Trinajstić information content (AvgIpc) is 2.23. The summed E-state index contributed by atoms with van der Waals surface area (Å²) in [5, 5.41) is 0.180. The number of benzene rings is 1. The molecule has 0 amide bonds. The van der Waals surface area contributed by atoms with Gasteiger partial charge in [0.2, 0.25) is 10.0 Å². The molecule has 4 nitrogen and oxygen atoms in total. The molecule has 0 unspecified atom stereocenters. The van der Waals surface area contributed by atoms with Crippen LogP contribution in [0.2, 0.25) is 10.0 Å². The SMILES string of the molecule is CN(C)CC(C)(C)CNS(=O)(=O)c1c(Cl)cc(Br)cc1Cl. The van der Waals surface area contributed by atoms with Crippen molar-refractivity contribution in [3.63, 3.8) is 0 Å². The van der Waals surface area contributed by atoms with Crippen LogP contribution >= 0.6 is 39.1 Å². The fourth-order valence-corrected chi connectivity index (χ4v) is 5.23. The van der Waals surface area contributed by atoms with E-state index < -0.39 is 10.0 Å². The molecule has 120 valence electrons. The normalized spacial score (nSPS) is 13.0. The molecule has 1 rings (SSSR count). The van der Waals surface area contributed by atoms with Gasteiger partial charge in [-0.15, -0.1) is 0 Å². The number of rotatable bonds is 6. The van der Waals surface area contributed by atoms with E-state index in [1.807, 2.05) is 32.8 Å². The van der Waals surface area contributed by atoms with Crippen LogP contribution in [-0.2, 0) is 10.0 Å². The molecule has 0 radical (unpaired) electrons. The summed E-state index contributed by atoms with van der Waals surface area (Å²) in [5.41, 5.74) is -0.217. The zero-order chi connectivity index (χ0) is 16.4. The van der Waals surface area contributed by atoms with E-state index in [1.54, 1.807) is 0 Å². The summed E-state index contributed by atoms with van der Waals surface area (Å²) >= 11 is 15.2. The predicted molar refractivity (Wildman–Crippen MR) is 91.7 cm³/mol. The number of hydrogen-bond donors (Lipinski definition) is 1. The summed E-state index contributed by atoms with van der Waals surface area (Å²) < 4.78 is 28.0. The largest absolute Gasteiger partial charge is 0.309 e. The molecule has 0 aliphatic rings. The highest BCUT2D eigenvalue weighted by molar-refractivity contribution is 9.10. The van der Waals surface area contributed by atoms with Crippen molar-refractivity contribution in [3.05, 3.63) is 26.7 Å². The Morgan fingerprint density at radius 3 is 2.14 bits per heavy atom. The first-order valence-electron chi connectivity index (χ1n) is 6.23. The smallest absolute Gasteiger partial charge is 0.243 e.